The van der Waals surface area contributed by atoms with Crippen molar-refractivity contribution in [3.05, 3.63) is 85.9 Å². The zero-order valence-electron chi connectivity index (χ0n) is 21.3. The molecule has 3 aromatic rings. The summed E-state index contributed by atoms with van der Waals surface area (Å²) in [5.74, 6) is -6.62. The number of thioether (sulfide) groups is 1. The number of methoxy groups -OCH3 is 1. The third-order valence-electron chi connectivity index (χ3n) is 5.53. The first-order valence-electron chi connectivity index (χ1n) is 11.7. The van der Waals surface area contributed by atoms with Crippen molar-refractivity contribution in [1.29, 1.82) is 0 Å². The molecule has 3 aromatic carbocycles. The average Bonchev–Trinajstić information content (AvgIpc) is 3.21. The van der Waals surface area contributed by atoms with Crippen molar-refractivity contribution in [2.75, 3.05) is 30.9 Å². The highest BCUT2D eigenvalue weighted by Gasteiger charge is 2.36. The molecule has 0 unspecified atom stereocenters. The minimum atomic E-state index is -1.77. The number of nitrogens with zero attached hydrogens (tertiary/aromatic N) is 1. The van der Waals surface area contributed by atoms with E-state index in [1.54, 1.807) is 24.3 Å². The van der Waals surface area contributed by atoms with Gasteiger partial charge in [0.1, 0.15) is 6.54 Å². The molecule has 0 spiro atoms. The standard InChI is InChI=1S/C27H18BrClF3N3O6S/c1-40-20-8-13(2-7-19(20)41-12-23(37)33-14-3-4-15(28)16(29)10-14)9-21-26(38)35(27(39)42-21)11-22(36)34-18-6-5-17(30)24(31)25(18)32/h2-10H,11-12H2,1H3,(H,33,37)(H,34,36)/b21-9+. The molecule has 15 heteroatoms. The summed E-state index contributed by atoms with van der Waals surface area (Å²) in [7, 11) is 1.37. The highest BCUT2D eigenvalue weighted by atomic mass is 79.9. The topological polar surface area (TPSA) is 114 Å². The van der Waals surface area contributed by atoms with Gasteiger partial charge in [0.25, 0.3) is 17.1 Å². The normalized spacial score (nSPS) is 13.9. The molecular formula is C27H18BrClF3N3O6S. The van der Waals surface area contributed by atoms with Crippen molar-refractivity contribution in [2.45, 2.75) is 0 Å². The number of imide groups is 1. The third-order valence-corrected chi connectivity index (χ3v) is 7.67. The predicted octanol–water partition coefficient (Wildman–Crippen LogP) is 6.22. The van der Waals surface area contributed by atoms with Crippen molar-refractivity contribution >= 4 is 79.7 Å². The molecular weight excluding hydrogens is 667 g/mol. The van der Waals surface area contributed by atoms with E-state index in [2.05, 4.69) is 21.2 Å². The van der Waals surface area contributed by atoms with Crippen LogP contribution in [0.3, 0.4) is 0 Å². The second-order valence-corrected chi connectivity index (χ2v) is 10.7. The van der Waals surface area contributed by atoms with E-state index < -0.39 is 52.6 Å². The summed E-state index contributed by atoms with van der Waals surface area (Å²) in [5.41, 5.74) is 0.264. The number of benzene rings is 3. The number of rotatable bonds is 9. The van der Waals surface area contributed by atoms with Crippen LogP contribution in [0.2, 0.25) is 5.02 Å². The molecule has 1 saturated heterocycles. The lowest BCUT2D eigenvalue weighted by molar-refractivity contribution is -0.127. The van der Waals surface area contributed by atoms with Gasteiger partial charge in [-0.05, 0) is 81.8 Å². The van der Waals surface area contributed by atoms with Crippen LogP contribution in [0, 0.1) is 17.5 Å². The second kappa shape index (κ2) is 13.3. The van der Waals surface area contributed by atoms with Crippen LogP contribution in [0.25, 0.3) is 6.08 Å². The largest absolute Gasteiger partial charge is 0.493 e. The molecule has 1 heterocycles. The average molecular weight is 685 g/mol. The van der Waals surface area contributed by atoms with Crippen molar-refractivity contribution in [3.8, 4) is 11.5 Å². The Bertz CT molecular complexity index is 1640. The number of carbonyl (C=O) groups excluding carboxylic acids is 4. The van der Waals surface area contributed by atoms with Gasteiger partial charge in [-0.2, -0.15) is 0 Å². The van der Waals surface area contributed by atoms with Gasteiger partial charge in [0.15, 0.2) is 35.6 Å². The molecule has 4 rings (SSSR count). The minimum Gasteiger partial charge on any atom is -0.493 e. The van der Waals surface area contributed by atoms with Gasteiger partial charge in [-0.15, -0.1) is 0 Å². The van der Waals surface area contributed by atoms with E-state index in [1.165, 1.54) is 25.3 Å². The molecule has 9 nitrogen and oxygen atoms in total. The van der Waals surface area contributed by atoms with Gasteiger partial charge < -0.3 is 20.1 Å². The molecule has 0 aromatic heterocycles. The molecule has 4 amide bonds. The van der Waals surface area contributed by atoms with Crippen LogP contribution >= 0.6 is 39.3 Å². The summed E-state index contributed by atoms with van der Waals surface area (Å²) in [5, 5.41) is 4.31. The monoisotopic (exact) mass is 683 g/mol. The molecule has 0 radical (unpaired) electrons. The summed E-state index contributed by atoms with van der Waals surface area (Å²) in [6.45, 7) is -1.14. The van der Waals surface area contributed by atoms with E-state index >= 15 is 0 Å². The van der Waals surface area contributed by atoms with E-state index in [-0.39, 0.29) is 23.0 Å². The van der Waals surface area contributed by atoms with Gasteiger partial charge in [0.05, 0.1) is 22.7 Å². The second-order valence-electron chi connectivity index (χ2n) is 8.41. The molecule has 0 aliphatic carbocycles. The van der Waals surface area contributed by atoms with E-state index in [0.29, 0.717) is 43.5 Å². The molecule has 42 heavy (non-hydrogen) atoms. The first-order chi connectivity index (χ1) is 20.0. The van der Waals surface area contributed by atoms with Crippen LogP contribution in [-0.2, 0) is 14.4 Å². The Morgan fingerprint density at radius 3 is 2.48 bits per heavy atom. The fourth-order valence-corrected chi connectivity index (χ4v) is 4.82. The fraction of sp³-hybridized carbons (Fsp3) is 0.111. The fourth-order valence-electron chi connectivity index (χ4n) is 3.55. The van der Waals surface area contributed by atoms with Gasteiger partial charge in [0, 0.05) is 10.2 Å². The van der Waals surface area contributed by atoms with Crippen LogP contribution in [0.15, 0.2) is 57.9 Å². The first-order valence-corrected chi connectivity index (χ1v) is 13.7. The van der Waals surface area contributed by atoms with Crippen LogP contribution in [0.1, 0.15) is 5.56 Å². The smallest absolute Gasteiger partial charge is 0.294 e. The molecule has 1 fully saturated rings. The lowest BCUT2D eigenvalue weighted by Gasteiger charge is -2.13. The summed E-state index contributed by atoms with van der Waals surface area (Å²) in [6.07, 6.45) is 1.38. The molecule has 218 valence electrons. The molecule has 1 aliphatic rings. The number of halogens is 5. The maximum atomic E-state index is 13.9. The van der Waals surface area contributed by atoms with Crippen LogP contribution in [-0.4, -0.2) is 48.1 Å². The maximum Gasteiger partial charge on any atom is 0.294 e. The van der Waals surface area contributed by atoms with Crippen LogP contribution < -0.4 is 20.1 Å². The Morgan fingerprint density at radius 2 is 1.76 bits per heavy atom. The van der Waals surface area contributed by atoms with E-state index in [4.69, 9.17) is 21.1 Å². The highest BCUT2D eigenvalue weighted by molar-refractivity contribution is 9.10. The quantitative estimate of drug-likeness (QED) is 0.203. The number of hydrogen-bond acceptors (Lipinski definition) is 7. The number of hydrogen-bond donors (Lipinski definition) is 2. The van der Waals surface area contributed by atoms with Crippen molar-refractivity contribution in [2.24, 2.45) is 0 Å². The van der Waals surface area contributed by atoms with Gasteiger partial charge in [-0.25, -0.2) is 13.2 Å². The zero-order chi connectivity index (χ0) is 30.6. The van der Waals surface area contributed by atoms with E-state index in [1.807, 2.05) is 5.32 Å². The van der Waals surface area contributed by atoms with Crippen molar-refractivity contribution < 1.29 is 41.8 Å². The number of ether oxygens (including phenoxy) is 2. The van der Waals surface area contributed by atoms with Crippen molar-refractivity contribution in [1.82, 2.24) is 4.90 Å². The van der Waals surface area contributed by atoms with Gasteiger partial charge in [-0.3, -0.25) is 24.1 Å². The molecule has 0 atom stereocenters. The van der Waals surface area contributed by atoms with Crippen molar-refractivity contribution in [3.63, 3.8) is 0 Å². The van der Waals surface area contributed by atoms with E-state index in [0.717, 1.165) is 6.07 Å². The maximum absolute atomic E-state index is 13.9. The minimum absolute atomic E-state index is 0.0185. The number of carbonyl (C=O) groups is 4. The Morgan fingerprint density at radius 1 is 1.00 bits per heavy atom. The highest BCUT2D eigenvalue weighted by Crippen LogP contribution is 2.35. The first kappa shape index (κ1) is 30.9. The Balaban J connectivity index is 1.39. The van der Waals surface area contributed by atoms with Crippen LogP contribution in [0.5, 0.6) is 11.5 Å². The summed E-state index contributed by atoms with van der Waals surface area (Å²) >= 11 is 9.86. The number of anilines is 2. The summed E-state index contributed by atoms with van der Waals surface area (Å²) in [6, 6.07) is 10.9. The van der Waals surface area contributed by atoms with Crippen LogP contribution in [0.4, 0.5) is 29.3 Å². The lowest BCUT2D eigenvalue weighted by atomic mass is 10.2. The van der Waals surface area contributed by atoms with Gasteiger partial charge in [0.2, 0.25) is 5.91 Å². The molecule has 0 saturated carbocycles. The summed E-state index contributed by atoms with van der Waals surface area (Å²) in [4.78, 5) is 50.4. The Kier molecular flexibility index (Phi) is 9.81. The zero-order valence-corrected chi connectivity index (χ0v) is 24.5. The van der Waals surface area contributed by atoms with Gasteiger partial charge >= 0.3 is 0 Å². The predicted molar refractivity (Wildman–Crippen MR) is 154 cm³/mol. The third kappa shape index (κ3) is 7.24. The van der Waals surface area contributed by atoms with E-state index in [9.17, 15) is 32.3 Å². The molecule has 1 aliphatic heterocycles. The Hall–Kier alpha value is -4.01. The molecule has 2 N–H and O–H groups in total. The Labute approximate surface area is 254 Å². The number of amides is 4. The lowest BCUT2D eigenvalue weighted by Crippen LogP contribution is -2.36. The SMILES string of the molecule is COc1cc(/C=C2/SC(=O)N(CC(=O)Nc3ccc(F)c(F)c3F)C2=O)ccc1OCC(=O)Nc1ccc(Br)c(Cl)c1. The molecule has 0 bridgehead atoms. The number of nitrogens with one attached hydrogen (secondary N) is 2. The van der Waals surface area contributed by atoms with Gasteiger partial charge in [-0.1, -0.05) is 17.7 Å². The summed E-state index contributed by atoms with van der Waals surface area (Å²) < 4.78 is 51.9.